The third kappa shape index (κ3) is 3.34. The first-order valence-corrected chi connectivity index (χ1v) is 10.6. The zero-order valence-electron chi connectivity index (χ0n) is 17.8. The molecular weight excluding hydrogens is 430 g/mol. The Morgan fingerprint density at radius 3 is 2.32 bits per heavy atom. The first-order chi connectivity index (χ1) is 16.7. The molecule has 0 saturated heterocycles. The molecule has 0 unspecified atom stereocenters. The summed E-state index contributed by atoms with van der Waals surface area (Å²) in [6.07, 6.45) is 0. The van der Waals surface area contributed by atoms with Gasteiger partial charge in [-0.15, -0.1) is 5.10 Å². The summed E-state index contributed by atoms with van der Waals surface area (Å²) in [5.41, 5.74) is 4.98. The number of furan rings is 1. The number of carbonyl (C=O) groups is 1. The quantitative estimate of drug-likeness (QED) is 0.407. The molecule has 164 valence electrons. The van der Waals surface area contributed by atoms with Crippen LogP contribution in [-0.2, 0) is 0 Å². The molecule has 5 aromatic rings. The molecule has 6 rings (SSSR count). The number of para-hydroxylation sites is 2. The molecular formula is C26H17N5O3. The Bertz CT molecular complexity index is 1590. The first kappa shape index (κ1) is 19.7. The zero-order chi connectivity index (χ0) is 23.1. The topological polar surface area (TPSA) is 92.7 Å². The highest BCUT2D eigenvalue weighted by Gasteiger charge is 2.29. The van der Waals surface area contributed by atoms with Crippen LogP contribution < -0.4 is 16.0 Å². The van der Waals surface area contributed by atoms with Gasteiger partial charge in [0.1, 0.15) is 5.58 Å². The lowest BCUT2D eigenvalue weighted by molar-refractivity contribution is 0.104. The smallest absolute Gasteiger partial charge is 0.274 e. The van der Waals surface area contributed by atoms with E-state index < -0.39 is 5.78 Å². The van der Waals surface area contributed by atoms with Crippen molar-refractivity contribution in [3.63, 3.8) is 0 Å². The standard InChI is InChI=1S/C26H17N5O3/c32-23-16-20(17-9-3-1-4-10-17)27-26-30(19-12-5-2-6-13-19)28-25(29-31(23)26)24(33)22-15-18-11-7-8-14-21(18)34-22/h1-16H,(H,28,29). The van der Waals surface area contributed by atoms with Gasteiger partial charge in [0.2, 0.25) is 5.84 Å². The highest BCUT2D eigenvalue weighted by atomic mass is 16.3. The second-order valence-electron chi connectivity index (χ2n) is 7.67. The summed E-state index contributed by atoms with van der Waals surface area (Å²) in [5, 5.41) is 6.80. The number of carbonyl (C=O) groups excluding carboxylic acids is 1. The maximum Gasteiger partial charge on any atom is 0.274 e. The Hall–Kier alpha value is -4.98. The molecule has 3 heterocycles. The van der Waals surface area contributed by atoms with Gasteiger partial charge in [0, 0.05) is 17.0 Å². The van der Waals surface area contributed by atoms with E-state index in [0.717, 1.165) is 10.9 Å². The minimum atomic E-state index is -0.484. The van der Waals surface area contributed by atoms with Crippen LogP contribution in [0.1, 0.15) is 10.6 Å². The summed E-state index contributed by atoms with van der Waals surface area (Å²) in [7, 11) is 0. The van der Waals surface area contributed by atoms with Gasteiger partial charge >= 0.3 is 0 Å². The highest BCUT2D eigenvalue weighted by Crippen LogP contribution is 2.28. The van der Waals surface area contributed by atoms with Crippen molar-refractivity contribution in [1.29, 1.82) is 0 Å². The molecule has 0 aliphatic carbocycles. The summed E-state index contributed by atoms with van der Waals surface area (Å²) in [5.74, 6) is -0.196. The number of hydrogen-bond acceptors (Lipinski definition) is 7. The molecule has 0 bridgehead atoms. The van der Waals surface area contributed by atoms with E-state index in [-0.39, 0.29) is 23.1 Å². The van der Waals surface area contributed by atoms with Crippen LogP contribution >= 0.6 is 0 Å². The van der Waals surface area contributed by atoms with Crippen molar-refractivity contribution in [2.75, 3.05) is 10.4 Å². The summed E-state index contributed by atoms with van der Waals surface area (Å²) < 4.78 is 6.94. The van der Waals surface area contributed by atoms with E-state index >= 15 is 0 Å². The van der Waals surface area contributed by atoms with Crippen molar-refractivity contribution in [3.8, 4) is 11.3 Å². The third-order valence-electron chi connectivity index (χ3n) is 5.44. The lowest BCUT2D eigenvalue weighted by Gasteiger charge is -2.27. The molecule has 1 aliphatic rings. The van der Waals surface area contributed by atoms with Gasteiger partial charge in [-0.05, 0) is 24.3 Å². The number of hydrazone groups is 1. The molecule has 8 heteroatoms. The van der Waals surface area contributed by atoms with Gasteiger partial charge in [-0.25, -0.2) is 4.98 Å². The number of benzene rings is 3. The van der Waals surface area contributed by atoms with Gasteiger partial charge in [-0.1, -0.05) is 66.7 Å². The van der Waals surface area contributed by atoms with E-state index in [1.165, 1.54) is 15.8 Å². The van der Waals surface area contributed by atoms with Crippen molar-refractivity contribution in [1.82, 2.24) is 9.66 Å². The Morgan fingerprint density at radius 1 is 0.853 bits per heavy atom. The average molecular weight is 447 g/mol. The molecule has 0 fully saturated rings. The number of Topliss-reactive ketones (excluding diaryl/α,β-unsaturated/α-hetero) is 1. The van der Waals surface area contributed by atoms with Gasteiger partial charge in [0.05, 0.1) is 11.4 Å². The molecule has 0 saturated carbocycles. The Balaban J connectivity index is 1.49. The molecule has 0 amide bonds. The number of ketones is 1. The Labute approximate surface area is 193 Å². The summed E-state index contributed by atoms with van der Waals surface area (Å²) in [4.78, 5) is 31.1. The van der Waals surface area contributed by atoms with Gasteiger partial charge in [-0.2, -0.15) is 9.69 Å². The van der Waals surface area contributed by atoms with E-state index in [0.29, 0.717) is 17.0 Å². The lowest BCUT2D eigenvalue weighted by atomic mass is 10.1. The minimum Gasteiger partial charge on any atom is -0.452 e. The van der Waals surface area contributed by atoms with E-state index in [9.17, 15) is 9.59 Å². The van der Waals surface area contributed by atoms with E-state index in [1.54, 1.807) is 12.1 Å². The number of anilines is 2. The number of amidine groups is 1. The molecule has 0 atom stereocenters. The summed E-state index contributed by atoms with van der Waals surface area (Å²) >= 11 is 0. The van der Waals surface area contributed by atoms with Crippen molar-refractivity contribution >= 4 is 34.2 Å². The summed E-state index contributed by atoms with van der Waals surface area (Å²) in [6, 6.07) is 29.0. The second kappa shape index (κ2) is 7.86. The van der Waals surface area contributed by atoms with Gasteiger partial charge in [-0.3, -0.25) is 15.0 Å². The fourth-order valence-electron chi connectivity index (χ4n) is 3.80. The largest absolute Gasteiger partial charge is 0.452 e. The number of aromatic nitrogens is 2. The number of nitrogens with zero attached hydrogens (tertiary/aromatic N) is 4. The van der Waals surface area contributed by atoms with Crippen LogP contribution in [0.2, 0.25) is 0 Å². The SMILES string of the molecule is O=C(C1=NN(c2ccccc2)c2nc(-c3ccccc3)cc(=O)n2N1)c1cc2ccccc2o1. The van der Waals surface area contributed by atoms with Crippen molar-refractivity contribution in [3.05, 3.63) is 113 Å². The van der Waals surface area contributed by atoms with Crippen LogP contribution in [0.3, 0.4) is 0 Å². The fourth-order valence-corrected chi connectivity index (χ4v) is 3.80. The molecule has 0 spiro atoms. The monoisotopic (exact) mass is 447 g/mol. The Morgan fingerprint density at radius 2 is 1.56 bits per heavy atom. The molecule has 34 heavy (non-hydrogen) atoms. The predicted octanol–water partition coefficient (Wildman–Crippen LogP) is 4.55. The van der Waals surface area contributed by atoms with E-state index in [4.69, 9.17) is 4.42 Å². The van der Waals surface area contributed by atoms with Crippen LogP contribution in [0.5, 0.6) is 0 Å². The number of rotatable bonds is 4. The van der Waals surface area contributed by atoms with Gasteiger partial charge in [0.25, 0.3) is 17.3 Å². The number of hydrogen-bond donors (Lipinski definition) is 1. The fraction of sp³-hybridized carbons (Fsp3) is 0. The molecule has 0 radical (unpaired) electrons. The highest BCUT2D eigenvalue weighted by molar-refractivity contribution is 6.47. The van der Waals surface area contributed by atoms with E-state index in [1.807, 2.05) is 78.9 Å². The van der Waals surface area contributed by atoms with Crippen molar-refractivity contribution < 1.29 is 9.21 Å². The van der Waals surface area contributed by atoms with Crippen molar-refractivity contribution in [2.45, 2.75) is 0 Å². The predicted molar refractivity (Wildman–Crippen MR) is 130 cm³/mol. The zero-order valence-corrected chi connectivity index (χ0v) is 17.8. The van der Waals surface area contributed by atoms with Crippen molar-refractivity contribution in [2.24, 2.45) is 5.10 Å². The lowest BCUT2D eigenvalue weighted by Crippen LogP contribution is -2.44. The van der Waals surface area contributed by atoms with Crippen LogP contribution in [0.15, 0.2) is 111 Å². The maximum atomic E-state index is 13.3. The second-order valence-corrected chi connectivity index (χ2v) is 7.67. The van der Waals surface area contributed by atoms with Crippen LogP contribution in [-0.4, -0.2) is 21.3 Å². The number of nitrogens with one attached hydrogen (secondary N) is 1. The molecule has 8 nitrogen and oxygen atoms in total. The minimum absolute atomic E-state index is 0.0632. The van der Waals surface area contributed by atoms with E-state index in [2.05, 4.69) is 15.5 Å². The molecule has 1 N–H and O–H groups in total. The first-order valence-electron chi connectivity index (χ1n) is 10.6. The van der Waals surface area contributed by atoms with Crippen LogP contribution in [0.25, 0.3) is 22.2 Å². The van der Waals surface area contributed by atoms with Crippen LogP contribution in [0, 0.1) is 0 Å². The third-order valence-corrected chi connectivity index (χ3v) is 5.44. The average Bonchev–Trinajstić information content (AvgIpc) is 3.33. The number of fused-ring (bicyclic) bond motifs is 2. The molecule has 1 aliphatic heterocycles. The normalized spacial score (nSPS) is 12.7. The molecule has 3 aromatic carbocycles. The molecule has 2 aromatic heterocycles. The van der Waals surface area contributed by atoms with Gasteiger partial charge < -0.3 is 4.42 Å². The maximum absolute atomic E-state index is 13.3. The van der Waals surface area contributed by atoms with Gasteiger partial charge in [0.15, 0.2) is 5.76 Å². The van der Waals surface area contributed by atoms with Crippen LogP contribution in [0.4, 0.5) is 11.6 Å². The summed E-state index contributed by atoms with van der Waals surface area (Å²) in [6.45, 7) is 0. The Kier molecular flexibility index (Phi) is 4.55.